The highest BCUT2D eigenvalue weighted by molar-refractivity contribution is 9.10. The second-order valence-corrected chi connectivity index (χ2v) is 7.37. The predicted molar refractivity (Wildman–Crippen MR) is 116 cm³/mol. The second kappa shape index (κ2) is 9.58. The summed E-state index contributed by atoms with van der Waals surface area (Å²) in [5.74, 6) is 1.39. The SMILES string of the molecule is COc1ccc(/C=C/C(=O)c2cccc(Br)c2)cc1COc1ccc(Cl)cc1. The zero-order valence-corrected chi connectivity index (χ0v) is 17.5. The van der Waals surface area contributed by atoms with Crippen LogP contribution in [0.15, 0.2) is 77.3 Å². The van der Waals surface area contributed by atoms with Crippen LogP contribution in [0, 0.1) is 0 Å². The van der Waals surface area contributed by atoms with Gasteiger partial charge in [-0.3, -0.25) is 4.79 Å². The number of halogens is 2. The van der Waals surface area contributed by atoms with Crippen LogP contribution in [0.2, 0.25) is 5.02 Å². The summed E-state index contributed by atoms with van der Waals surface area (Å²) in [4.78, 5) is 12.3. The van der Waals surface area contributed by atoms with Crippen molar-refractivity contribution in [3.8, 4) is 11.5 Å². The first-order valence-corrected chi connectivity index (χ1v) is 9.75. The van der Waals surface area contributed by atoms with E-state index >= 15 is 0 Å². The fraction of sp³-hybridized carbons (Fsp3) is 0.0870. The quantitative estimate of drug-likeness (QED) is 0.297. The fourth-order valence-corrected chi connectivity index (χ4v) is 3.14. The van der Waals surface area contributed by atoms with E-state index < -0.39 is 0 Å². The molecule has 0 aliphatic rings. The maximum Gasteiger partial charge on any atom is 0.185 e. The van der Waals surface area contributed by atoms with Crippen LogP contribution in [0.1, 0.15) is 21.5 Å². The summed E-state index contributed by atoms with van der Waals surface area (Å²) in [7, 11) is 1.62. The van der Waals surface area contributed by atoms with Crippen molar-refractivity contribution < 1.29 is 14.3 Å². The van der Waals surface area contributed by atoms with E-state index in [4.69, 9.17) is 21.1 Å². The molecule has 0 atom stereocenters. The van der Waals surface area contributed by atoms with E-state index in [9.17, 15) is 4.79 Å². The summed E-state index contributed by atoms with van der Waals surface area (Å²) in [5, 5.41) is 0.659. The molecule has 0 saturated heterocycles. The third-order valence-corrected chi connectivity index (χ3v) is 4.79. The zero-order valence-electron chi connectivity index (χ0n) is 15.2. The summed E-state index contributed by atoms with van der Waals surface area (Å²) in [5.41, 5.74) is 2.40. The van der Waals surface area contributed by atoms with Gasteiger partial charge in [-0.15, -0.1) is 0 Å². The highest BCUT2D eigenvalue weighted by Crippen LogP contribution is 2.24. The van der Waals surface area contributed by atoms with E-state index in [1.807, 2.05) is 42.5 Å². The Labute approximate surface area is 177 Å². The molecule has 0 heterocycles. The molecule has 3 aromatic rings. The number of hydrogen-bond acceptors (Lipinski definition) is 3. The number of ketones is 1. The molecule has 0 N–H and O–H groups in total. The summed E-state index contributed by atoms with van der Waals surface area (Å²) in [6.45, 7) is 0.339. The van der Waals surface area contributed by atoms with Crippen molar-refractivity contribution in [2.45, 2.75) is 6.61 Å². The van der Waals surface area contributed by atoms with Gasteiger partial charge in [0.2, 0.25) is 0 Å². The van der Waals surface area contributed by atoms with Gasteiger partial charge in [0, 0.05) is 20.6 Å². The first-order chi connectivity index (χ1) is 13.5. The number of carbonyl (C=O) groups is 1. The van der Waals surface area contributed by atoms with Gasteiger partial charge in [-0.2, -0.15) is 0 Å². The van der Waals surface area contributed by atoms with Crippen molar-refractivity contribution in [2.75, 3.05) is 7.11 Å². The average molecular weight is 458 g/mol. The molecule has 0 radical (unpaired) electrons. The number of allylic oxidation sites excluding steroid dienone is 1. The topological polar surface area (TPSA) is 35.5 Å². The van der Waals surface area contributed by atoms with E-state index in [2.05, 4.69) is 15.9 Å². The van der Waals surface area contributed by atoms with Crippen LogP contribution in [-0.2, 0) is 6.61 Å². The minimum atomic E-state index is -0.0592. The Balaban J connectivity index is 1.74. The predicted octanol–water partition coefficient (Wildman–Crippen LogP) is 6.59. The summed E-state index contributed by atoms with van der Waals surface area (Å²) in [6.07, 6.45) is 3.35. The average Bonchev–Trinajstić information content (AvgIpc) is 2.71. The van der Waals surface area contributed by atoms with Crippen LogP contribution in [-0.4, -0.2) is 12.9 Å². The fourth-order valence-electron chi connectivity index (χ4n) is 2.62. The molecule has 142 valence electrons. The van der Waals surface area contributed by atoms with Gasteiger partial charge in [0.25, 0.3) is 0 Å². The molecule has 0 bridgehead atoms. The monoisotopic (exact) mass is 456 g/mol. The van der Waals surface area contributed by atoms with E-state index in [-0.39, 0.29) is 5.78 Å². The lowest BCUT2D eigenvalue weighted by atomic mass is 10.1. The van der Waals surface area contributed by atoms with Crippen molar-refractivity contribution in [3.63, 3.8) is 0 Å². The number of methoxy groups -OCH3 is 1. The van der Waals surface area contributed by atoms with Crippen molar-refractivity contribution in [2.24, 2.45) is 0 Å². The number of ether oxygens (including phenoxy) is 2. The molecular weight excluding hydrogens is 440 g/mol. The van der Waals surface area contributed by atoms with Crippen LogP contribution in [0.5, 0.6) is 11.5 Å². The Kier molecular flexibility index (Phi) is 6.90. The molecule has 0 fully saturated rings. The zero-order chi connectivity index (χ0) is 19.9. The lowest BCUT2D eigenvalue weighted by molar-refractivity contribution is 0.104. The molecule has 3 aromatic carbocycles. The Bertz CT molecular complexity index is 997. The van der Waals surface area contributed by atoms with E-state index in [1.165, 1.54) is 0 Å². The van der Waals surface area contributed by atoms with Gasteiger partial charge in [-0.1, -0.05) is 51.8 Å². The first kappa shape index (κ1) is 20.2. The molecular formula is C23H18BrClO3. The highest BCUT2D eigenvalue weighted by Gasteiger charge is 2.06. The lowest BCUT2D eigenvalue weighted by Crippen LogP contribution is -1.99. The van der Waals surface area contributed by atoms with Gasteiger partial charge in [-0.25, -0.2) is 0 Å². The van der Waals surface area contributed by atoms with Gasteiger partial charge < -0.3 is 9.47 Å². The molecule has 0 aliphatic carbocycles. The van der Waals surface area contributed by atoms with Crippen molar-refractivity contribution in [3.05, 3.63) is 99.0 Å². The van der Waals surface area contributed by atoms with Gasteiger partial charge in [0.05, 0.1) is 7.11 Å². The number of hydrogen-bond donors (Lipinski definition) is 0. The maximum absolute atomic E-state index is 12.3. The first-order valence-electron chi connectivity index (χ1n) is 8.58. The Hall–Kier alpha value is -2.56. The normalized spacial score (nSPS) is 10.8. The summed E-state index contributed by atoms with van der Waals surface area (Å²) in [6, 6.07) is 20.2. The summed E-state index contributed by atoms with van der Waals surface area (Å²) >= 11 is 9.28. The number of benzene rings is 3. The third kappa shape index (κ3) is 5.47. The van der Waals surface area contributed by atoms with Gasteiger partial charge in [0.15, 0.2) is 5.78 Å². The summed E-state index contributed by atoms with van der Waals surface area (Å²) < 4.78 is 12.1. The molecule has 3 nitrogen and oxygen atoms in total. The van der Waals surface area contributed by atoms with E-state index in [1.54, 1.807) is 43.5 Å². The van der Waals surface area contributed by atoms with Gasteiger partial charge in [0.1, 0.15) is 18.1 Å². The molecule has 0 saturated carbocycles. The van der Waals surface area contributed by atoms with Crippen molar-refractivity contribution >= 4 is 39.4 Å². The Morgan fingerprint density at radius 1 is 1.07 bits per heavy atom. The molecule has 0 spiro atoms. The maximum atomic E-state index is 12.3. The van der Waals surface area contributed by atoms with E-state index in [0.717, 1.165) is 27.1 Å². The van der Waals surface area contributed by atoms with Crippen LogP contribution in [0.4, 0.5) is 0 Å². The van der Waals surface area contributed by atoms with Gasteiger partial charge in [-0.05, 0) is 60.2 Å². The molecule has 28 heavy (non-hydrogen) atoms. The minimum absolute atomic E-state index is 0.0592. The van der Waals surface area contributed by atoms with Crippen LogP contribution < -0.4 is 9.47 Å². The molecule has 0 unspecified atom stereocenters. The van der Waals surface area contributed by atoms with Crippen LogP contribution in [0.3, 0.4) is 0 Å². The molecule has 0 aliphatic heterocycles. The van der Waals surface area contributed by atoms with Crippen molar-refractivity contribution in [1.82, 2.24) is 0 Å². The lowest BCUT2D eigenvalue weighted by Gasteiger charge is -2.11. The highest BCUT2D eigenvalue weighted by atomic mass is 79.9. The third-order valence-electron chi connectivity index (χ3n) is 4.05. The molecule has 5 heteroatoms. The smallest absolute Gasteiger partial charge is 0.185 e. The second-order valence-electron chi connectivity index (χ2n) is 6.02. The number of rotatable bonds is 7. The minimum Gasteiger partial charge on any atom is -0.496 e. The van der Waals surface area contributed by atoms with Crippen molar-refractivity contribution in [1.29, 1.82) is 0 Å². The molecule has 0 aromatic heterocycles. The number of carbonyl (C=O) groups excluding carboxylic acids is 1. The van der Waals surface area contributed by atoms with Gasteiger partial charge >= 0.3 is 0 Å². The van der Waals surface area contributed by atoms with Crippen LogP contribution in [0.25, 0.3) is 6.08 Å². The standard InChI is InChI=1S/C23H18BrClO3/c1-27-23-12-6-16(5-11-22(26)17-3-2-4-19(24)14-17)13-18(23)15-28-21-9-7-20(25)8-10-21/h2-14H,15H2,1H3/b11-5+. The molecule has 3 rings (SSSR count). The largest absolute Gasteiger partial charge is 0.496 e. The van der Waals surface area contributed by atoms with Crippen LogP contribution >= 0.6 is 27.5 Å². The van der Waals surface area contributed by atoms with E-state index in [0.29, 0.717) is 17.2 Å². The Morgan fingerprint density at radius 3 is 2.57 bits per heavy atom. The molecule has 0 amide bonds. The Morgan fingerprint density at radius 2 is 1.86 bits per heavy atom.